The van der Waals surface area contributed by atoms with Gasteiger partial charge < -0.3 is 20.1 Å². The molecule has 0 saturated carbocycles. The number of hydrogen-bond acceptors (Lipinski definition) is 6. The summed E-state index contributed by atoms with van der Waals surface area (Å²) in [6, 6.07) is 10.9. The number of hydrogen-bond donors (Lipinski definition) is 2. The summed E-state index contributed by atoms with van der Waals surface area (Å²) in [4.78, 5) is 20.4. The van der Waals surface area contributed by atoms with Crippen LogP contribution in [0.2, 0.25) is 0 Å². The van der Waals surface area contributed by atoms with Crippen molar-refractivity contribution in [2.24, 2.45) is 0 Å². The van der Waals surface area contributed by atoms with Gasteiger partial charge in [-0.05, 0) is 30.3 Å². The van der Waals surface area contributed by atoms with E-state index in [4.69, 9.17) is 9.47 Å². The molecule has 0 aliphatic rings. The molecule has 0 fully saturated rings. The molecule has 7 nitrogen and oxygen atoms in total. The van der Waals surface area contributed by atoms with E-state index in [-0.39, 0.29) is 5.56 Å². The number of nitrogens with zero attached hydrogens (tertiary/aromatic N) is 2. The molecular weight excluding hydrogens is 351 g/mol. The molecule has 27 heavy (non-hydrogen) atoms. The van der Waals surface area contributed by atoms with Crippen LogP contribution in [0.3, 0.4) is 0 Å². The Bertz CT molecular complexity index is 948. The zero-order valence-corrected chi connectivity index (χ0v) is 14.7. The van der Waals surface area contributed by atoms with Gasteiger partial charge in [0.05, 0.1) is 19.8 Å². The van der Waals surface area contributed by atoms with Crippen LogP contribution in [0.5, 0.6) is 11.5 Å². The number of methoxy groups -OCH3 is 2. The number of amides is 1. The van der Waals surface area contributed by atoms with Gasteiger partial charge in [0.2, 0.25) is 5.95 Å². The molecule has 1 aromatic heterocycles. The molecule has 0 bridgehead atoms. The third-order valence-electron chi connectivity index (χ3n) is 3.64. The van der Waals surface area contributed by atoms with Crippen molar-refractivity contribution in [3.63, 3.8) is 0 Å². The van der Waals surface area contributed by atoms with Crippen LogP contribution in [-0.4, -0.2) is 30.1 Å². The van der Waals surface area contributed by atoms with Gasteiger partial charge in [-0.2, -0.15) is 0 Å². The molecule has 0 spiro atoms. The van der Waals surface area contributed by atoms with Crippen LogP contribution in [0.4, 0.5) is 21.7 Å². The average Bonchev–Trinajstić information content (AvgIpc) is 2.68. The third kappa shape index (κ3) is 4.49. The van der Waals surface area contributed by atoms with Gasteiger partial charge in [0.1, 0.15) is 5.82 Å². The van der Waals surface area contributed by atoms with E-state index in [9.17, 15) is 9.18 Å². The first-order chi connectivity index (χ1) is 13.1. The number of aromatic nitrogens is 2. The van der Waals surface area contributed by atoms with E-state index < -0.39 is 11.7 Å². The molecular formula is C19H17FN4O3. The fraction of sp³-hybridized carbons (Fsp3) is 0.105. The highest BCUT2D eigenvalue weighted by atomic mass is 19.1. The Kier molecular flexibility index (Phi) is 5.46. The summed E-state index contributed by atoms with van der Waals surface area (Å²) >= 11 is 0. The summed E-state index contributed by atoms with van der Waals surface area (Å²) in [7, 11) is 3.10. The van der Waals surface area contributed by atoms with Gasteiger partial charge >= 0.3 is 0 Å². The van der Waals surface area contributed by atoms with Crippen molar-refractivity contribution in [2.75, 3.05) is 24.9 Å². The van der Waals surface area contributed by atoms with Crippen molar-refractivity contribution in [3.8, 4) is 11.5 Å². The molecule has 1 heterocycles. The minimum Gasteiger partial charge on any atom is -0.493 e. The lowest BCUT2D eigenvalue weighted by Gasteiger charge is -2.10. The molecule has 0 radical (unpaired) electrons. The second kappa shape index (κ2) is 8.13. The molecule has 3 rings (SSSR count). The summed E-state index contributed by atoms with van der Waals surface area (Å²) in [6.45, 7) is 0. The van der Waals surface area contributed by atoms with Crippen molar-refractivity contribution in [3.05, 3.63) is 66.2 Å². The lowest BCUT2D eigenvalue weighted by Crippen LogP contribution is -2.13. The molecule has 3 aromatic rings. The topological polar surface area (TPSA) is 85.4 Å². The maximum Gasteiger partial charge on any atom is 0.258 e. The number of carbonyl (C=O) groups is 1. The van der Waals surface area contributed by atoms with Crippen LogP contribution < -0.4 is 20.1 Å². The first-order valence-corrected chi connectivity index (χ1v) is 7.97. The summed E-state index contributed by atoms with van der Waals surface area (Å²) < 4.78 is 23.6. The maximum absolute atomic E-state index is 13.2. The Morgan fingerprint density at radius 2 is 1.70 bits per heavy atom. The largest absolute Gasteiger partial charge is 0.493 e. The number of halogens is 1. The van der Waals surface area contributed by atoms with E-state index in [0.717, 1.165) is 0 Å². The average molecular weight is 368 g/mol. The van der Waals surface area contributed by atoms with Gasteiger partial charge in [0.15, 0.2) is 11.5 Å². The molecule has 0 saturated heterocycles. The number of anilines is 3. The predicted octanol–water partition coefficient (Wildman–Crippen LogP) is 3.63. The third-order valence-corrected chi connectivity index (χ3v) is 3.64. The molecule has 0 aliphatic carbocycles. The monoisotopic (exact) mass is 368 g/mol. The van der Waals surface area contributed by atoms with Crippen molar-refractivity contribution in [1.82, 2.24) is 9.97 Å². The summed E-state index contributed by atoms with van der Waals surface area (Å²) in [5.41, 5.74) is 1.30. The van der Waals surface area contributed by atoms with Crippen molar-refractivity contribution < 1.29 is 18.7 Å². The smallest absolute Gasteiger partial charge is 0.258 e. The van der Waals surface area contributed by atoms with Gasteiger partial charge in [-0.15, -0.1) is 0 Å². The van der Waals surface area contributed by atoms with Crippen LogP contribution in [0.25, 0.3) is 0 Å². The normalized spacial score (nSPS) is 10.2. The first kappa shape index (κ1) is 18.1. The molecule has 0 atom stereocenters. The Morgan fingerprint density at radius 3 is 2.37 bits per heavy atom. The van der Waals surface area contributed by atoms with E-state index in [1.54, 1.807) is 38.5 Å². The molecule has 2 aromatic carbocycles. The number of ether oxygens (including phenoxy) is 2. The molecule has 2 N–H and O–H groups in total. The van der Waals surface area contributed by atoms with E-state index in [2.05, 4.69) is 20.6 Å². The number of nitrogens with one attached hydrogen (secondary N) is 2. The van der Waals surface area contributed by atoms with Crippen LogP contribution in [0.15, 0.2) is 54.9 Å². The second-order valence-corrected chi connectivity index (χ2v) is 5.45. The lowest BCUT2D eigenvalue weighted by atomic mass is 10.2. The quantitative estimate of drug-likeness (QED) is 0.691. The van der Waals surface area contributed by atoms with E-state index in [1.807, 2.05) is 0 Å². The van der Waals surface area contributed by atoms with Crippen LogP contribution in [0.1, 0.15) is 10.4 Å². The van der Waals surface area contributed by atoms with Gasteiger partial charge in [-0.3, -0.25) is 4.79 Å². The van der Waals surface area contributed by atoms with Crippen LogP contribution >= 0.6 is 0 Å². The van der Waals surface area contributed by atoms with E-state index in [0.29, 0.717) is 28.8 Å². The van der Waals surface area contributed by atoms with Crippen molar-refractivity contribution in [2.45, 2.75) is 0 Å². The molecule has 1 amide bonds. The number of rotatable bonds is 6. The maximum atomic E-state index is 13.2. The highest BCUT2D eigenvalue weighted by Gasteiger charge is 2.09. The highest BCUT2D eigenvalue weighted by molar-refractivity contribution is 6.03. The highest BCUT2D eigenvalue weighted by Crippen LogP contribution is 2.30. The van der Waals surface area contributed by atoms with Crippen molar-refractivity contribution >= 4 is 23.2 Å². The van der Waals surface area contributed by atoms with Gasteiger partial charge in [-0.1, -0.05) is 6.07 Å². The standard InChI is InChI=1S/C19H17FN4O3/c1-26-16-7-6-15(9-17(16)27-2)24-19-21-10-12(11-22-19)18(25)23-14-5-3-4-13(20)8-14/h3-11H,1-2H3,(H,23,25)(H,21,22,24). The minimum absolute atomic E-state index is 0.247. The van der Waals surface area contributed by atoms with Gasteiger partial charge in [-0.25, -0.2) is 14.4 Å². The number of carbonyl (C=O) groups excluding carboxylic acids is 1. The summed E-state index contributed by atoms with van der Waals surface area (Å²) in [6.07, 6.45) is 2.76. The zero-order chi connectivity index (χ0) is 19.2. The summed E-state index contributed by atoms with van der Waals surface area (Å²) in [5.74, 6) is 0.614. The molecule has 8 heteroatoms. The van der Waals surface area contributed by atoms with Gasteiger partial charge in [0, 0.05) is 29.8 Å². The van der Waals surface area contributed by atoms with E-state index in [1.165, 1.54) is 30.6 Å². The summed E-state index contributed by atoms with van der Waals surface area (Å²) in [5, 5.41) is 5.60. The Morgan fingerprint density at radius 1 is 0.963 bits per heavy atom. The van der Waals surface area contributed by atoms with Crippen LogP contribution in [-0.2, 0) is 0 Å². The Balaban J connectivity index is 1.69. The van der Waals surface area contributed by atoms with Crippen LogP contribution in [0, 0.1) is 5.82 Å². The fourth-order valence-electron chi connectivity index (χ4n) is 2.32. The van der Waals surface area contributed by atoms with E-state index >= 15 is 0 Å². The second-order valence-electron chi connectivity index (χ2n) is 5.45. The zero-order valence-electron chi connectivity index (χ0n) is 14.7. The number of benzene rings is 2. The SMILES string of the molecule is COc1ccc(Nc2ncc(C(=O)Nc3cccc(F)c3)cn2)cc1OC. The fourth-order valence-corrected chi connectivity index (χ4v) is 2.32. The van der Waals surface area contributed by atoms with Gasteiger partial charge in [0.25, 0.3) is 5.91 Å². The first-order valence-electron chi connectivity index (χ1n) is 7.97. The Hall–Kier alpha value is -3.68. The predicted molar refractivity (Wildman–Crippen MR) is 99.2 cm³/mol. The Labute approximate surface area is 155 Å². The molecule has 0 aliphatic heterocycles. The molecule has 0 unspecified atom stereocenters. The lowest BCUT2D eigenvalue weighted by molar-refractivity contribution is 0.102. The molecule has 138 valence electrons. The van der Waals surface area contributed by atoms with Crippen molar-refractivity contribution in [1.29, 1.82) is 0 Å². The minimum atomic E-state index is -0.432.